The number of ether oxygens (including phenoxy) is 2. The number of benzene rings is 3. The molecule has 0 radical (unpaired) electrons. The number of aryl methyl sites for hydroxylation is 1. The summed E-state index contributed by atoms with van der Waals surface area (Å²) < 4.78 is 12.1. The van der Waals surface area contributed by atoms with Gasteiger partial charge in [0, 0.05) is 5.69 Å². The second-order valence-corrected chi connectivity index (χ2v) is 9.37. The zero-order valence-electron chi connectivity index (χ0n) is 20.6. The van der Waals surface area contributed by atoms with Crippen LogP contribution in [0.25, 0.3) is 6.08 Å². The highest BCUT2D eigenvalue weighted by atomic mass is 127. The summed E-state index contributed by atoms with van der Waals surface area (Å²) in [7, 11) is 0. The summed E-state index contributed by atoms with van der Waals surface area (Å²) in [6.07, 6.45) is 1.39. The van der Waals surface area contributed by atoms with Crippen molar-refractivity contribution in [1.29, 1.82) is 0 Å². The molecule has 1 aliphatic rings. The molecular formula is C28H24IN3O6. The quantitative estimate of drug-likeness (QED) is 0.214. The maximum absolute atomic E-state index is 13.3. The van der Waals surface area contributed by atoms with E-state index in [1.165, 1.54) is 6.08 Å². The van der Waals surface area contributed by atoms with Gasteiger partial charge in [-0.05, 0) is 84.0 Å². The van der Waals surface area contributed by atoms with Crippen LogP contribution < -0.4 is 25.0 Å². The van der Waals surface area contributed by atoms with Gasteiger partial charge >= 0.3 is 6.03 Å². The van der Waals surface area contributed by atoms with Gasteiger partial charge in [-0.1, -0.05) is 36.4 Å². The topological polar surface area (TPSA) is 114 Å². The van der Waals surface area contributed by atoms with E-state index in [0.29, 0.717) is 44.2 Å². The van der Waals surface area contributed by atoms with Crippen molar-refractivity contribution in [2.45, 2.75) is 13.8 Å². The van der Waals surface area contributed by atoms with Crippen molar-refractivity contribution in [2.75, 3.05) is 23.4 Å². The minimum Gasteiger partial charge on any atom is -0.490 e. The van der Waals surface area contributed by atoms with Gasteiger partial charge in [0.2, 0.25) is 0 Å². The van der Waals surface area contributed by atoms with E-state index in [0.717, 1.165) is 4.90 Å². The number of anilines is 2. The Morgan fingerprint density at radius 1 is 1.03 bits per heavy atom. The first-order valence-electron chi connectivity index (χ1n) is 11.7. The molecule has 0 bridgehead atoms. The summed E-state index contributed by atoms with van der Waals surface area (Å²) in [5.74, 6) is -1.18. The maximum atomic E-state index is 13.3. The molecule has 10 heteroatoms. The van der Waals surface area contributed by atoms with E-state index in [1.807, 2.05) is 40.8 Å². The zero-order valence-corrected chi connectivity index (χ0v) is 22.8. The number of rotatable bonds is 8. The third-order valence-corrected chi connectivity index (χ3v) is 6.31. The molecule has 0 spiro atoms. The normalized spacial score (nSPS) is 14.3. The van der Waals surface area contributed by atoms with Gasteiger partial charge in [0.25, 0.3) is 17.7 Å². The van der Waals surface area contributed by atoms with Gasteiger partial charge in [-0.25, -0.2) is 9.69 Å². The molecular weight excluding hydrogens is 601 g/mol. The number of hydrogen-bond donors (Lipinski definition) is 2. The number of para-hydroxylation sites is 2. The van der Waals surface area contributed by atoms with Crippen LogP contribution in [-0.2, 0) is 14.4 Å². The molecule has 194 valence electrons. The number of urea groups is 1. The first kappa shape index (κ1) is 26.9. The molecule has 4 rings (SSSR count). The SMILES string of the molecule is CCOc1cc(/C=C2\C(=O)NC(=O)N(c3ccccc3C)C2=O)cc(I)c1OCC(=O)Nc1ccccc1. The summed E-state index contributed by atoms with van der Waals surface area (Å²) in [5, 5.41) is 4.98. The van der Waals surface area contributed by atoms with Crippen LogP contribution in [0.4, 0.5) is 16.2 Å². The van der Waals surface area contributed by atoms with Crippen LogP contribution in [0.2, 0.25) is 0 Å². The zero-order chi connectivity index (χ0) is 27.2. The molecule has 0 aromatic heterocycles. The molecule has 0 atom stereocenters. The van der Waals surface area contributed by atoms with Gasteiger partial charge in [-0.3, -0.25) is 19.7 Å². The van der Waals surface area contributed by atoms with E-state index >= 15 is 0 Å². The molecule has 2 N–H and O–H groups in total. The van der Waals surface area contributed by atoms with Crippen molar-refractivity contribution in [1.82, 2.24) is 5.32 Å². The maximum Gasteiger partial charge on any atom is 0.335 e. The fourth-order valence-corrected chi connectivity index (χ4v) is 4.57. The summed E-state index contributed by atoms with van der Waals surface area (Å²) in [6.45, 7) is 3.64. The monoisotopic (exact) mass is 625 g/mol. The minimum absolute atomic E-state index is 0.206. The average molecular weight is 625 g/mol. The number of amides is 5. The van der Waals surface area contributed by atoms with E-state index in [9.17, 15) is 19.2 Å². The molecule has 5 amide bonds. The van der Waals surface area contributed by atoms with E-state index in [4.69, 9.17) is 9.47 Å². The molecule has 1 heterocycles. The lowest BCUT2D eigenvalue weighted by Gasteiger charge is -2.27. The molecule has 9 nitrogen and oxygen atoms in total. The summed E-state index contributed by atoms with van der Waals surface area (Å²) in [4.78, 5) is 51.7. The Balaban J connectivity index is 1.60. The standard InChI is InChI=1S/C28H24IN3O6/c1-3-37-23-15-18(14-21(29)25(23)38-16-24(33)30-19-10-5-4-6-11-19)13-20-26(34)31-28(36)32(27(20)35)22-12-8-7-9-17(22)2/h4-15H,3,16H2,1-2H3,(H,30,33)(H,31,34,36)/b20-13+. The van der Waals surface area contributed by atoms with Crippen molar-refractivity contribution in [3.63, 3.8) is 0 Å². The van der Waals surface area contributed by atoms with Crippen molar-refractivity contribution in [3.05, 3.63) is 87.0 Å². The van der Waals surface area contributed by atoms with Crippen LogP contribution in [0.3, 0.4) is 0 Å². The van der Waals surface area contributed by atoms with E-state index in [2.05, 4.69) is 10.6 Å². The van der Waals surface area contributed by atoms with Crippen molar-refractivity contribution in [3.8, 4) is 11.5 Å². The fraction of sp³-hybridized carbons (Fsp3) is 0.143. The molecule has 1 fully saturated rings. The third kappa shape index (κ3) is 6.02. The first-order chi connectivity index (χ1) is 18.3. The second-order valence-electron chi connectivity index (χ2n) is 8.21. The Kier molecular flexibility index (Phi) is 8.41. The number of hydrogen-bond acceptors (Lipinski definition) is 6. The number of carbonyl (C=O) groups excluding carboxylic acids is 4. The second kappa shape index (κ2) is 11.9. The molecule has 3 aromatic carbocycles. The van der Waals surface area contributed by atoms with Crippen LogP contribution in [0.5, 0.6) is 11.5 Å². The Hall–Kier alpha value is -4.19. The van der Waals surface area contributed by atoms with Crippen molar-refractivity contribution < 1.29 is 28.7 Å². The van der Waals surface area contributed by atoms with Crippen LogP contribution in [0, 0.1) is 10.5 Å². The lowest BCUT2D eigenvalue weighted by Crippen LogP contribution is -2.54. The molecule has 0 unspecified atom stereocenters. The molecule has 1 saturated heterocycles. The van der Waals surface area contributed by atoms with Crippen LogP contribution in [-0.4, -0.2) is 37.0 Å². The van der Waals surface area contributed by atoms with Crippen LogP contribution >= 0.6 is 22.6 Å². The van der Waals surface area contributed by atoms with Gasteiger partial charge in [0.05, 0.1) is 15.9 Å². The van der Waals surface area contributed by atoms with Crippen molar-refractivity contribution in [2.24, 2.45) is 0 Å². The smallest absolute Gasteiger partial charge is 0.335 e. The van der Waals surface area contributed by atoms with Gasteiger partial charge in [0.1, 0.15) is 5.57 Å². The highest BCUT2D eigenvalue weighted by Crippen LogP contribution is 2.35. The molecule has 1 aliphatic heterocycles. The Labute approximate surface area is 232 Å². The van der Waals surface area contributed by atoms with Gasteiger partial charge in [-0.15, -0.1) is 0 Å². The van der Waals surface area contributed by atoms with Gasteiger partial charge < -0.3 is 14.8 Å². The van der Waals surface area contributed by atoms with Crippen LogP contribution in [0.1, 0.15) is 18.1 Å². The van der Waals surface area contributed by atoms with Crippen molar-refractivity contribution >= 4 is 63.8 Å². The average Bonchev–Trinajstić information content (AvgIpc) is 2.88. The van der Waals surface area contributed by atoms with E-state index in [-0.39, 0.29) is 18.1 Å². The molecule has 0 saturated carbocycles. The van der Waals surface area contributed by atoms with E-state index in [1.54, 1.807) is 62.4 Å². The van der Waals surface area contributed by atoms with Gasteiger partial charge in [0.15, 0.2) is 18.1 Å². The number of imide groups is 2. The predicted molar refractivity (Wildman–Crippen MR) is 151 cm³/mol. The molecule has 3 aromatic rings. The molecule has 0 aliphatic carbocycles. The van der Waals surface area contributed by atoms with E-state index < -0.39 is 17.8 Å². The number of barbiturate groups is 1. The minimum atomic E-state index is -0.812. The Morgan fingerprint density at radius 2 is 1.74 bits per heavy atom. The Morgan fingerprint density at radius 3 is 2.45 bits per heavy atom. The summed E-state index contributed by atoms with van der Waals surface area (Å²) in [6, 6.07) is 18.4. The molecule has 38 heavy (non-hydrogen) atoms. The summed E-state index contributed by atoms with van der Waals surface area (Å²) >= 11 is 2.03. The summed E-state index contributed by atoms with van der Waals surface area (Å²) in [5.41, 5.74) is 2.01. The first-order valence-corrected chi connectivity index (χ1v) is 12.8. The Bertz CT molecular complexity index is 1440. The number of carbonyl (C=O) groups is 4. The number of nitrogens with one attached hydrogen (secondary N) is 2. The fourth-order valence-electron chi connectivity index (χ4n) is 3.79. The predicted octanol–water partition coefficient (Wildman–Crippen LogP) is 4.68. The number of halogens is 1. The van der Waals surface area contributed by atoms with Crippen LogP contribution in [0.15, 0.2) is 72.3 Å². The lowest BCUT2D eigenvalue weighted by molar-refractivity contribution is -0.122. The highest BCUT2D eigenvalue weighted by Gasteiger charge is 2.37. The largest absolute Gasteiger partial charge is 0.490 e. The lowest BCUT2D eigenvalue weighted by atomic mass is 10.1. The van der Waals surface area contributed by atoms with Gasteiger partial charge in [-0.2, -0.15) is 0 Å². The third-order valence-electron chi connectivity index (χ3n) is 5.51. The number of nitrogens with zero attached hydrogens (tertiary/aromatic N) is 1. The highest BCUT2D eigenvalue weighted by molar-refractivity contribution is 14.1.